The largest absolute Gasteiger partial charge is 0.484 e. The fourth-order valence-electron chi connectivity index (χ4n) is 1.36. The predicted octanol–water partition coefficient (Wildman–Crippen LogP) is 3.13. The van der Waals surface area contributed by atoms with E-state index in [4.69, 9.17) is 16.3 Å². The standard InChI is InChI=1S/C12H13ClF3NO2/c1-2-17(8-12(14,15)16)11(18)7-19-10-5-3-9(13)4-6-10/h3-6H,2,7-8H2,1H3. The Balaban J connectivity index is 2.51. The van der Waals surface area contributed by atoms with Crippen molar-refractivity contribution in [2.45, 2.75) is 13.1 Å². The van der Waals surface area contributed by atoms with Gasteiger partial charge >= 0.3 is 6.18 Å². The number of amides is 1. The molecule has 0 aliphatic rings. The number of rotatable bonds is 5. The third kappa shape index (κ3) is 5.83. The minimum absolute atomic E-state index is 0.0255. The molecule has 0 fully saturated rings. The summed E-state index contributed by atoms with van der Waals surface area (Å²) in [6, 6.07) is 6.20. The van der Waals surface area contributed by atoms with Crippen molar-refractivity contribution >= 4 is 17.5 Å². The van der Waals surface area contributed by atoms with Gasteiger partial charge in [0.25, 0.3) is 5.91 Å². The van der Waals surface area contributed by atoms with Crippen LogP contribution in [-0.4, -0.2) is 36.7 Å². The van der Waals surface area contributed by atoms with E-state index in [1.54, 1.807) is 12.1 Å². The average molecular weight is 296 g/mol. The fourth-order valence-corrected chi connectivity index (χ4v) is 1.49. The number of alkyl halides is 3. The van der Waals surface area contributed by atoms with E-state index in [1.807, 2.05) is 0 Å². The molecule has 0 N–H and O–H groups in total. The third-order valence-corrected chi connectivity index (χ3v) is 2.53. The Labute approximate surface area is 113 Å². The quantitative estimate of drug-likeness (QED) is 0.835. The summed E-state index contributed by atoms with van der Waals surface area (Å²) in [7, 11) is 0. The first-order valence-electron chi connectivity index (χ1n) is 5.54. The van der Waals surface area contributed by atoms with Gasteiger partial charge in [-0.2, -0.15) is 13.2 Å². The van der Waals surface area contributed by atoms with E-state index in [0.29, 0.717) is 15.7 Å². The molecule has 0 spiro atoms. The molecule has 0 aliphatic heterocycles. The van der Waals surface area contributed by atoms with Crippen molar-refractivity contribution in [1.29, 1.82) is 0 Å². The van der Waals surface area contributed by atoms with Crippen molar-refractivity contribution in [2.24, 2.45) is 0 Å². The SMILES string of the molecule is CCN(CC(F)(F)F)C(=O)COc1ccc(Cl)cc1. The second-order valence-electron chi connectivity index (χ2n) is 3.77. The maximum absolute atomic E-state index is 12.2. The minimum Gasteiger partial charge on any atom is -0.484 e. The van der Waals surface area contributed by atoms with Gasteiger partial charge < -0.3 is 9.64 Å². The van der Waals surface area contributed by atoms with Crippen molar-refractivity contribution in [3.63, 3.8) is 0 Å². The predicted molar refractivity (Wildman–Crippen MR) is 65.3 cm³/mol. The molecule has 1 amide bonds. The molecule has 106 valence electrons. The molecule has 3 nitrogen and oxygen atoms in total. The van der Waals surface area contributed by atoms with E-state index in [-0.39, 0.29) is 6.54 Å². The van der Waals surface area contributed by atoms with Crippen LogP contribution in [0.25, 0.3) is 0 Å². The number of benzene rings is 1. The van der Waals surface area contributed by atoms with Gasteiger partial charge in [0.05, 0.1) is 0 Å². The van der Waals surface area contributed by atoms with Crippen molar-refractivity contribution in [3.8, 4) is 5.75 Å². The van der Waals surface area contributed by atoms with E-state index >= 15 is 0 Å². The summed E-state index contributed by atoms with van der Waals surface area (Å²) in [5.74, 6) is -0.337. The monoisotopic (exact) mass is 295 g/mol. The van der Waals surface area contributed by atoms with Crippen LogP contribution < -0.4 is 4.74 Å². The van der Waals surface area contributed by atoms with E-state index in [0.717, 1.165) is 0 Å². The summed E-state index contributed by atoms with van der Waals surface area (Å²) in [5.41, 5.74) is 0. The highest BCUT2D eigenvalue weighted by molar-refractivity contribution is 6.30. The summed E-state index contributed by atoms with van der Waals surface area (Å²) in [6.07, 6.45) is -4.41. The van der Waals surface area contributed by atoms with E-state index in [1.165, 1.54) is 19.1 Å². The number of nitrogens with zero attached hydrogens (tertiary/aromatic N) is 1. The zero-order valence-electron chi connectivity index (χ0n) is 10.2. The highest BCUT2D eigenvalue weighted by Gasteiger charge is 2.32. The van der Waals surface area contributed by atoms with Crippen LogP contribution in [0.15, 0.2) is 24.3 Å². The van der Waals surface area contributed by atoms with Crippen LogP contribution in [0.1, 0.15) is 6.92 Å². The second kappa shape index (κ2) is 6.65. The van der Waals surface area contributed by atoms with Gasteiger partial charge in [-0.15, -0.1) is 0 Å². The Kier molecular flexibility index (Phi) is 5.47. The lowest BCUT2D eigenvalue weighted by Gasteiger charge is -2.22. The number of hydrogen-bond acceptors (Lipinski definition) is 2. The van der Waals surface area contributed by atoms with Crippen molar-refractivity contribution < 1.29 is 22.7 Å². The summed E-state index contributed by atoms with van der Waals surface area (Å²) in [6.45, 7) is -0.258. The molecule has 1 aromatic carbocycles. The number of hydrogen-bond donors (Lipinski definition) is 0. The first-order chi connectivity index (χ1) is 8.81. The number of ether oxygens (including phenoxy) is 1. The zero-order valence-corrected chi connectivity index (χ0v) is 11.0. The van der Waals surface area contributed by atoms with Crippen LogP contribution >= 0.6 is 11.6 Å². The summed E-state index contributed by atoms with van der Waals surface area (Å²) < 4.78 is 41.7. The normalized spacial score (nSPS) is 11.2. The summed E-state index contributed by atoms with van der Waals surface area (Å²) in [4.78, 5) is 12.3. The smallest absolute Gasteiger partial charge is 0.406 e. The van der Waals surface area contributed by atoms with Crippen LogP contribution in [0.3, 0.4) is 0 Å². The van der Waals surface area contributed by atoms with E-state index in [2.05, 4.69) is 0 Å². The molecule has 7 heteroatoms. The molecule has 0 radical (unpaired) electrons. The highest BCUT2D eigenvalue weighted by Crippen LogP contribution is 2.17. The molecule has 0 aromatic heterocycles. The van der Waals surface area contributed by atoms with Crippen LogP contribution in [0.4, 0.5) is 13.2 Å². The molecule has 19 heavy (non-hydrogen) atoms. The molecule has 0 unspecified atom stereocenters. The first-order valence-corrected chi connectivity index (χ1v) is 5.92. The van der Waals surface area contributed by atoms with Gasteiger partial charge in [0, 0.05) is 11.6 Å². The number of carbonyl (C=O) groups is 1. The number of carbonyl (C=O) groups excluding carboxylic acids is 1. The molecule has 0 heterocycles. The lowest BCUT2D eigenvalue weighted by Crippen LogP contribution is -2.41. The topological polar surface area (TPSA) is 29.5 Å². The molecule has 1 rings (SSSR count). The van der Waals surface area contributed by atoms with Gasteiger partial charge in [0.15, 0.2) is 6.61 Å². The molecule has 0 aliphatic carbocycles. The van der Waals surface area contributed by atoms with Crippen LogP contribution in [0.2, 0.25) is 5.02 Å². The number of halogens is 4. The minimum atomic E-state index is -4.41. The number of likely N-dealkylation sites (N-methyl/N-ethyl adjacent to an activating group) is 1. The molecular weight excluding hydrogens is 283 g/mol. The van der Waals surface area contributed by atoms with E-state index in [9.17, 15) is 18.0 Å². The van der Waals surface area contributed by atoms with Gasteiger partial charge in [0.1, 0.15) is 12.3 Å². The van der Waals surface area contributed by atoms with Gasteiger partial charge in [-0.3, -0.25) is 4.79 Å². The van der Waals surface area contributed by atoms with Gasteiger partial charge in [-0.25, -0.2) is 0 Å². The van der Waals surface area contributed by atoms with E-state index < -0.39 is 25.2 Å². The van der Waals surface area contributed by atoms with Gasteiger partial charge in [-0.05, 0) is 31.2 Å². The van der Waals surface area contributed by atoms with Crippen molar-refractivity contribution in [3.05, 3.63) is 29.3 Å². The zero-order chi connectivity index (χ0) is 14.5. The average Bonchev–Trinajstić information content (AvgIpc) is 2.34. The molecule has 1 aromatic rings. The Morgan fingerprint density at radius 2 is 1.89 bits per heavy atom. The molecule has 0 bridgehead atoms. The highest BCUT2D eigenvalue weighted by atomic mass is 35.5. The lowest BCUT2D eigenvalue weighted by atomic mass is 10.3. The molecule has 0 saturated carbocycles. The van der Waals surface area contributed by atoms with Crippen LogP contribution in [-0.2, 0) is 4.79 Å². The first kappa shape index (κ1) is 15.6. The Bertz CT molecular complexity index is 420. The van der Waals surface area contributed by atoms with Crippen LogP contribution in [0.5, 0.6) is 5.75 Å². The second-order valence-corrected chi connectivity index (χ2v) is 4.20. The lowest BCUT2D eigenvalue weighted by molar-refractivity contribution is -0.161. The summed E-state index contributed by atoms with van der Waals surface area (Å²) >= 11 is 5.66. The molecule has 0 saturated heterocycles. The van der Waals surface area contributed by atoms with Gasteiger partial charge in [0.2, 0.25) is 0 Å². The third-order valence-electron chi connectivity index (χ3n) is 2.28. The van der Waals surface area contributed by atoms with Crippen molar-refractivity contribution in [1.82, 2.24) is 4.90 Å². The fraction of sp³-hybridized carbons (Fsp3) is 0.417. The Morgan fingerprint density at radius 1 is 1.32 bits per heavy atom. The summed E-state index contributed by atoms with van der Waals surface area (Å²) in [5, 5.41) is 0.505. The maximum Gasteiger partial charge on any atom is 0.406 e. The molecule has 0 atom stereocenters. The maximum atomic E-state index is 12.2. The Morgan fingerprint density at radius 3 is 2.37 bits per heavy atom. The van der Waals surface area contributed by atoms with Crippen molar-refractivity contribution in [2.75, 3.05) is 19.7 Å². The molecular formula is C12H13ClF3NO2. The van der Waals surface area contributed by atoms with Crippen LogP contribution in [0, 0.1) is 0 Å². The Hall–Kier alpha value is -1.43. The van der Waals surface area contributed by atoms with Gasteiger partial charge in [-0.1, -0.05) is 11.6 Å².